The van der Waals surface area contributed by atoms with E-state index in [-0.39, 0.29) is 0 Å². The van der Waals surface area contributed by atoms with Gasteiger partial charge in [-0.3, -0.25) is 4.90 Å². The second-order valence-electron chi connectivity index (χ2n) is 6.52. The summed E-state index contributed by atoms with van der Waals surface area (Å²) < 4.78 is 0. The van der Waals surface area contributed by atoms with E-state index < -0.39 is 0 Å². The molecule has 1 atom stereocenters. The largest absolute Gasteiger partial charge is 0.311 e. The number of hydrogen-bond acceptors (Lipinski definition) is 3. The summed E-state index contributed by atoms with van der Waals surface area (Å²) >= 11 is 0. The summed E-state index contributed by atoms with van der Waals surface area (Å²) in [5.41, 5.74) is 1.43. The number of hydrogen-bond donors (Lipinski definition) is 1. The van der Waals surface area contributed by atoms with E-state index in [2.05, 4.69) is 56.1 Å². The lowest BCUT2D eigenvalue weighted by Crippen LogP contribution is -2.46. The molecule has 0 saturated carbocycles. The van der Waals surface area contributed by atoms with Crippen LogP contribution in [0.4, 0.5) is 0 Å². The van der Waals surface area contributed by atoms with E-state index in [4.69, 9.17) is 0 Å². The summed E-state index contributed by atoms with van der Waals surface area (Å²) in [6, 6.07) is 1.36. The predicted octanol–water partition coefficient (Wildman–Crippen LogP) is 2.35. The van der Waals surface area contributed by atoms with Crippen molar-refractivity contribution in [2.45, 2.75) is 52.1 Å². The van der Waals surface area contributed by atoms with Gasteiger partial charge in [0.25, 0.3) is 0 Å². The van der Waals surface area contributed by atoms with Gasteiger partial charge in [-0.25, -0.2) is 0 Å². The Balaban J connectivity index is 2.17. The van der Waals surface area contributed by atoms with Crippen molar-refractivity contribution in [2.24, 2.45) is 0 Å². The summed E-state index contributed by atoms with van der Waals surface area (Å²) in [4.78, 5) is 4.83. The van der Waals surface area contributed by atoms with Crippen molar-refractivity contribution >= 4 is 0 Å². The average molecular weight is 267 g/mol. The maximum absolute atomic E-state index is 3.79. The normalized spacial score (nSPS) is 19.7. The molecule has 1 aliphatic heterocycles. The van der Waals surface area contributed by atoms with Gasteiger partial charge in [-0.15, -0.1) is 0 Å². The quantitative estimate of drug-likeness (QED) is 0.714. The molecule has 19 heavy (non-hydrogen) atoms. The third kappa shape index (κ3) is 7.71. The fraction of sp³-hybridized carbons (Fsp3) is 0.875. The topological polar surface area (TPSA) is 18.5 Å². The molecule has 0 amide bonds. The molecule has 0 aromatic rings. The van der Waals surface area contributed by atoms with Gasteiger partial charge in [0, 0.05) is 18.6 Å². The minimum atomic E-state index is 0.636. The van der Waals surface area contributed by atoms with Crippen LogP contribution in [-0.4, -0.2) is 62.2 Å². The molecule has 1 rings (SSSR count). The van der Waals surface area contributed by atoms with Crippen molar-refractivity contribution in [2.75, 3.05) is 40.3 Å². The molecule has 1 aliphatic rings. The smallest absolute Gasteiger partial charge is 0.0165 e. The molecule has 0 bridgehead atoms. The van der Waals surface area contributed by atoms with E-state index in [1.54, 1.807) is 0 Å². The number of rotatable bonds is 7. The van der Waals surface area contributed by atoms with Crippen LogP contribution in [0.25, 0.3) is 0 Å². The van der Waals surface area contributed by atoms with Gasteiger partial charge in [0.05, 0.1) is 0 Å². The first kappa shape index (κ1) is 16.7. The van der Waals surface area contributed by atoms with Crippen molar-refractivity contribution in [3.8, 4) is 0 Å². The van der Waals surface area contributed by atoms with Gasteiger partial charge in [-0.2, -0.15) is 0 Å². The molecule has 1 saturated heterocycles. The first-order valence-corrected chi connectivity index (χ1v) is 7.74. The maximum Gasteiger partial charge on any atom is 0.0165 e. The zero-order valence-corrected chi connectivity index (χ0v) is 13.6. The maximum atomic E-state index is 3.79. The molecule has 1 fully saturated rings. The molecule has 0 spiro atoms. The number of piperidine rings is 1. The Kier molecular flexibility index (Phi) is 7.66. The minimum Gasteiger partial charge on any atom is -0.311 e. The highest BCUT2D eigenvalue weighted by Crippen LogP contribution is 2.12. The number of nitrogens with one attached hydrogen (secondary N) is 1. The van der Waals surface area contributed by atoms with Crippen LogP contribution in [0.15, 0.2) is 11.6 Å². The molecule has 3 heteroatoms. The molecule has 3 nitrogen and oxygen atoms in total. The minimum absolute atomic E-state index is 0.636. The highest BCUT2D eigenvalue weighted by molar-refractivity contribution is 4.95. The Labute approximate surface area is 120 Å². The summed E-state index contributed by atoms with van der Waals surface area (Å²) in [6.07, 6.45) is 6.17. The van der Waals surface area contributed by atoms with Crippen molar-refractivity contribution in [1.82, 2.24) is 15.1 Å². The van der Waals surface area contributed by atoms with Crippen LogP contribution in [-0.2, 0) is 0 Å². The Hall–Kier alpha value is -0.380. The fourth-order valence-electron chi connectivity index (χ4n) is 2.53. The Morgan fingerprint density at radius 1 is 1.32 bits per heavy atom. The SMILES string of the molecule is CC(C)=CCN1CCC(NC(C)CCN(C)C)CC1. The van der Waals surface area contributed by atoms with Crippen LogP contribution in [0.3, 0.4) is 0 Å². The first-order valence-electron chi connectivity index (χ1n) is 7.74. The second kappa shape index (κ2) is 8.72. The van der Waals surface area contributed by atoms with Gasteiger partial charge >= 0.3 is 0 Å². The standard InChI is InChI=1S/C16H33N3/c1-14(2)6-11-19-12-8-16(9-13-19)17-15(3)7-10-18(4)5/h6,15-17H,7-13H2,1-5H3. The van der Waals surface area contributed by atoms with Crippen molar-refractivity contribution < 1.29 is 0 Å². The lowest BCUT2D eigenvalue weighted by Gasteiger charge is -2.33. The number of likely N-dealkylation sites (tertiary alicyclic amines) is 1. The van der Waals surface area contributed by atoms with Crippen LogP contribution >= 0.6 is 0 Å². The molecule has 1 unspecified atom stereocenters. The lowest BCUT2D eigenvalue weighted by atomic mass is 10.0. The van der Waals surface area contributed by atoms with Crippen LogP contribution in [0, 0.1) is 0 Å². The zero-order chi connectivity index (χ0) is 14.3. The van der Waals surface area contributed by atoms with E-state index in [0.717, 1.165) is 12.6 Å². The van der Waals surface area contributed by atoms with E-state index >= 15 is 0 Å². The van der Waals surface area contributed by atoms with Crippen molar-refractivity contribution in [3.05, 3.63) is 11.6 Å². The van der Waals surface area contributed by atoms with Gasteiger partial charge in [0.1, 0.15) is 0 Å². The number of allylic oxidation sites excluding steroid dienone is 1. The molecule has 1 N–H and O–H groups in total. The summed E-state index contributed by atoms with van der Waals surface area (Å²) in [5.74, 6) is 0. The lowest BCUT2D eigenvalue weighted by molar-refractivity contribution is 0.204. The predicted molar refractivity (Wildman–Crippen MR) is 84.7 cm³/mol. The van der Waals surface area contributed by atoms with E-state index in [9.17, 15) is 0 Å². The van der Waals surface area contributed by atoms with Crippen LogP contribution in [0.2, 0.25) is 0 Å². The molecule has 0 aliphatic carbocycles. The molecular formula is C16H33N3. The third-order valence-electron chi connectivity index (χ3n) is 3.87. The van der Waals surface area contributed by atoms with Crippen LogP contribution in [0.5, 0.6) is 0 Å². The van der Waals surface area contributed by atoms with Gasteiger partial charge in [0.2, 0.25) is 0 Å². The summed E-state index contributed by atoms with van der Waals surface area (Å²) in [5, 5.41) is 3.79. The molecule has 0 radical (unpaired) electrons. The van der Waals surface area contributed by atoms with Gasteiger partial charge in [-0.1, -0.05) is 11.6 Å². The molecule has 112 valence electrons. The molecule has 0 aromatic carbocycles. The zero-order valence-electron chi connectivity index (χ0n) is 13.6. The van der Waals surface area contributed by atoms with E-state index in [1.807, 2.05) is 0 Å². The average Bonchev–Trinajstić information content (AvgIpc) is 2.35. The van der Waals surface area contributed by atoms with E-state index in [1.165, 1.54) is 44.5 Å². The molecule has 0 aromatic heterocycles. The highest BCUT2D eigenvalue weighted by atomic mass is 15.1. The third-order valence-corrected chi connectivity index (χ3v) is 3.87. The summed E-state index contributed by atoms with van der Waals surface area (Å²) in [7, 11) is 4.29. The Morgan fingerprint density at radius 3 is 2.47 bits per heavy atom. The van der Waals surface area contributed by atoms with Crippen LogP contribution in [0.1, 0.15) is 40.0 Å². The first-order chi connectivity index (χ1) is 8.97. The monoisotopic (exact) mass is 267 g/mol. The highest BCUT2D eigenvalue weighted by Gasteiger charge is 2.19. The van der Waals surface area contributed by atoms with Crippen molar-refractivity contribution in [3.63, 3.8) is 0 Å². The second-order valence-corrected chi connectivity index (χ2v) is 6.52. The fourth-order valence-corrected chi connectivity index (χ4v) is 2.53. The Bertz CT molecular complexity index is 261. The molecular weight excluding hydrogens is 234 g/mol. The van der Waals surface area contributed by atoms with E-state index in [0.29, 0.717) is 6.04 Å². The Morgan fingerprint density at radius 2 is 1.95 bits per heavy atom. The van der Waals surface area contributed by atoms with Gasteiger partial charge < -0.3 is 10.2 Å². The van der Waals surface area contributed by atoms with Gasteiger partial charge in [0.15, 0.2) is 0 Å². The van der Waals surface area contributed by atoms with Crippen molar-refractivity contribution in [1.29, 1.82) is 0 Å². The summed E-state index contributed by atoms with van der Waals surface area (Å²) in [6.45, 7) is 11.5. The molecule has 1 heterocycles. The van der Waals surface area contributed by atoms with Gasteiger partial charge in [-0.05, 0) is 73.8 Å². The van der Waals surface area contributed by atoms with Crippen LogP contribution < -0.4 is 5.32 Å². The number of nitrogens with zero attached hydrogens (tertiary/aromatic N) is 2.